The molecule has 0 spiro atoms. The number of phenolic OH excluding ortho intramolecular Hbond substituents is 1. The largest absolute Gasteiger partial charge is 0.507 e. The van der Waals surface area contributed by atoms with Crippen LogP contribution in [0.3, 0.4) is 0 Å². The Morgan fingerprint density at radius 2 is 1.47 bits per heavy atom. The summed E-state index contributed by atoms with van der Waals surface area (Å²) in [5.74, 6) is 1.68. The molecule has 5 nitrogen and oxygen atoms in total. The quantitative estimate of drug-likeness (QED) is 0.508. The number of amidine groups is 1. The van der Waals surface area contributed by atoms with Crippen LogP contribution in [0.5, 0.6) is 11.5 Å². The molecule has 0 amide bonds. The summed E-state index contributed by atoms with van der Waals surface area (Å²) in [6.45, 7) is 16.1. The molecule has 1 aliphatic heterocycles. The first-order chi connectivity index (χ1) is 13.9. The number of phenols is 1. The molecule has 0 fully saturated rings. The van der Waals surface area contributed by atoms with Crippen molar-refractivity contribution in [2.75, 3.05) is 0 Å². The maximum absolute atomic E-state index is 10.9. The van der Waals surface area contributed by atoms with E-state index in [2.05, 4.69) is 64.0 Å². The van der Waals surface area contributed by atoms with Gasteiger partial charge in [-0.2, -0.15) is 0 Å². The highest BCUT2D eigenvalue weighted by Gasteiger charge is 2.26. The molecule has 1 heterocycles. The van der Waals surface area contributed by atoms with Crippen LogP contribution in [-0.2, 0) is 23.9 Å². The zero-order valence-electron chi connectivity index (χ0n) is 20.1. The van der Waals surface area contributed by atoms with E-state index >= 15 is 0 Å². The van der Waals surface area contributed by atoms with Crippen LogP contribution in [0.15, 0.2) is 35.3 Å². The molecule has 2 aromatic rings. The van der Waals surface area contributed by atoms with Gasteiger partial charge in [0.25, 0.3) is 0 Å². The van der Waals surface area contributed by atoms with Crippen molar-refractivity contribution < 1.29 is 9.84 Å². The number of hydrogen-bond donors (Lipinski definition) is 3. The third-order valence-corrected chi connectivity index (χ3v) is 5.44. The van der Waals surface area contributed by atoms with Crippen LogP contribution in [-0.4, -0.2) is 17.0 Å². The Balaban J connectivity index is 0.00000256. The molecule has 1 unspecified atom stereocenters. The average molecular weight is 482 g/mol. The van der Waals surface area contributed by atoms with Gasteiger partial charge in [0.05, 0.1) is 0 Å². The Kier molecular flexibility index (Phi) is 9.06. The number of halogens is 2. The number of benzene rings is 2. The van der Waals surface area contributed by atoms with Crippen molar-refractivity contribution in [2.45, 2.75) is 78.5 Å². The fourth-order valence-electron chi connectivity index (χ4n) is 3.63. The molecular formula is C25H37Cl2N3O2. The lowest BCUT2D eigenvalue weighted by Crippen LogP contribution is -2.33. The summed E-state index contributed by atoms with van der Waals surface area (Å²) in [7, 11) is 0. The van der Waals surface area contributed by atoms with Crippen LogP contribution in [0.25, 0.3) is 0 Å². The van der Waals surface area contributed by atoms with Gasteiger partial charge in [-0.1, -0.05) is 59.7 Å². The van der Waals surface area contributed by atoms with Crippen LogP contribution in [0.2, 0.25) is 0 Å². The van der Waals surface area contributed by atoms with Gasteiger partial charge in [-0.25, -0.2) is 4.99 Å². The molecule has 7 heteroatoms. The van der Waals surface area contributed by atoms with Gasteiger partial charge < -0.3 is 20.9 Å². The van der Waals surface area contributed by atoms with Gasteiger partial charge in [-0.05, 0) is 52.1 Å². The molecule has 0 aromatic heterocycles. The van der Waals surface area contributed by atoms with Crippen molar-refractivity contribution in [3.8, 4) is 11.5 Å². The summed E-state index contributed by atoms with van der Waals surface area (Å²) in [6, 6.07) is 10.2. The van der Waals surface area contributed by atoms with Crippen LogP contribution in [0.1, 0.15) is 70.7 Å². The number of nitrogens with two attached hydrogens (primary N) is 1. The van der Waals surface area contributed by atoms with E-state index in [1.54, 1.807) is 0 Å². The predicted molar refractivity (Wildman–Crippen MR) is 138 cm³/mol. The number of rotatable bonds is 4. The highest BCUT2D eigenvalue weighted by Crippen LogP contribution is 2.40. The third kappa shape index (κ3) is 6.31. The average Bonchev–Trinajstić information content (AvgIpc) is 2.62. The van der Waals surface area contributed by atoms with Crippen molar-refractivity contribution in [2.24, 2.45) is 10.7 Å². The van der Waals surface area contributed by atoms with Crippen molar-refractivity contribution in [1.29, 1.82) is 0 Å². The lowest BCUT2D eigenvalue weighted by Gasteiger charge is -2.28. The first-order valence-electron chi connectivity index (χ1n) is 10.6. The van der Waals surface area contributed by atoms with Gasteiger partial charge in [0.1, 0.15) is 23.0 Å². The van der Waals surface area contributed by atoms with Crippen molar-refractivity contribution in [3.05, 3.63) is 52.6 Å². The number of nitrogens with zero attached hydrogens (tertiary/aromatic N) is 1. The van der Waals surface area contributed by atoms with E-state index in [0.717, 1.165) is 28.1 Å². The summed E-state index contributed by atoms with van der Waals surface area (Å²) in [5.41, 5.74) is 10.7. The molecule has 0 aliphatic carbocycles. The van der Waals surface area contributed by atoms with Gasteiger partial charge in [0.2, 0.25) is 0 Å². The number of nitrogens with one attached hydrogen (secondary N) is 1. The van der Waals surface area contributed by atoms with Crippen LogP contribution >= 0.6 is 24.8 Å². The van der Waals surface area contributed by atoms with E-state index < -0.39 is 0 Å². The van der Waals surface area contributed by atoms with Crippen LogP contribution in [0.4, 0.5) is 5.69 Å². The predicted octanol–water partition coefficient (Wildman–Crippen LogP) is 5.89. The fraction of sp³-hybridized carbons (Fsp3) is 0.480. The number of aromatic hydroxyl groups is 1. The molecule has 1 atom stereocenters. The normalized spacial score (nSPS) is 15.6. The number of hydrogen-bond acceptors (Lipinski definition) is 5. The van der Waals surface area contributed by atoms with E-state index in [9.17, 15) is 5.11 Å². The Bertz CT molecular complexity index is 941. The van der Waals surface area contributed by atoms with Gasteiger partial charge in [0, 0.05) is 13.1 Å². The second-order valence-electron chi connectivity index (χ2n) is 10.2. The molecule has 4 N–H and O–H groups in total. The zero-order valence-corrected chi connectivity index (χ0v) is 21.7. The van der Waals surface area contributed by atoms with E-state index in [0.29, 0.717) is 24.7 Å². The summed E-state index contributed by atoms with van der Waals surface area (Å²) >= 11 is 0. The Labute approximate surface area is 204 Å². The van der Waals surface area contributed by atoms with Gasteiger partial charge in [-0.15, -0.1) is 24.8 Å². The molecule has 0 bridgehead atoms. The first kappa shape index (κ1) is 28.1. The molecule has 32 heavy (non-hydrogen) atoms. The molecule has 0 saturated carbocycles. The lowest BCUT2D eigenvalue weighted by molar-refractivity contribution is 0.281. The van der Waals surface area contributed by atoms with Crippen molar-refractivity contribution >= 4 is 36.3 Å². The second-order valence-corrected chi connectivity index (χ2v) is 10.2. The van der Waals surface area contributed by atoms with E-state index in [1.807, 2.05) is 25.1 Å². The van der Waals surface area contributed by atoms with E-state index in [1.165, 1.54) is 5.56 Å². The second kappa shape index (κ2) is 10.3. The molecule has 1 aliphatic rings. The monoisotopic (exact) mass is 481 g/mol. The standard InChI is InChI=1S/C25H35N3O2.2ClH/c1-15-23(26)28-20-12-16(8-9-21(20)30-15)13-27-14-17-10-18(24(2,3)4)22(29)19(11-17)25(5,6)7;;/h8-12,15,27,29H,13-14H2,1-7H3,(H2,26,28);2*1H. The Morgan fingerprint density at radius 1 is 0.938 bits per heavy atom. The molecule has 0 radical (unpaired) electrons. The topological polar surface area (TPSA) is 79.9 Å². The molecule has 0 saturated heterocycles. The first-order valence-corrected chi connectivity index (χ1v) is 10.6. The number of fused-ring (bicyclic) bond motifs is 1. The summed E-state index contributed by atoms with van der Waals surface area (Å²) in [6.07, 6.45) is -0.190. The minimum absolute atomic E-state index is 0. The Hall–Kier alpha value is -1.95. The smallest absolute Gasteiger partial charge is 0.153 e. The summed E-state index contributed by atoms with van der Waals surface area (Å²) < 4.78 is 5.77. The number of aliphatic imine (C=N–C) groups is 1. The highest BCUT2D eigenvalue weighted by molar-refractivity contribution is 5.89. The molecule has 3 rings (SSSR count). The van der Waals surface area contributed by atoms with Crippen molar-refractivity contribution in [1.82, 2.24) is 5.32 Å². The fourth-order valence-corrected chi connectivity index (χ4v) is 3.63. The van der Waals surface area contributed by atoms with Gasteiger partial charge in [0.15, 0.2) is 6.10 Å². The SMILES string of the molecule is CC1Oc2ccc(CNCc3cc(C(C)(C)C)c(O)c(C(C)(C)C)c3)cc2N=C1N.Cl.Cl. The van der Waals surface area contributed by atoms with E-state index in [4.69, 9.17) is 10.5 Å². The zero-order chi connectivity index (χ0) is 22.3. The van der Waals surface area contributed by atoms with Crippen LogP contribution in [0, 0.1) is 0 Å². The Morgan fingerprint density at radius 3 is 2.00 bits per heavy atom. The van der Waals surface area contributed by atoms with Crippen molar-refractivity contribution in [3.63, 3.8) is 0 Å². The molecule has 2 aromatic carbocycles. The summed E-state index contributed by atoms with van der Waals surface area (Å²) in [5, 5.41) is 14.4. The minimum atomic E-state index is -0.190. The number of ether oxygens (including phenoxy) is 1. The maximum Gasteiger partial charge on any atom is 0.153 e. The van der Waals surface area contributed by atoms with Crippen LogP contribution < -0.4 is 15.8 Å². The lowest BCUT2D eigenvalue weighted by atomic mass is 9.78. The highest BCUT2D eigenvalue weighted by atomic mass is 35.5. The van der Waals surface area contributed by atoms with Gasteiger partial charge in [-0.3, -0.25) is 0 Å². The van der Waals surface area contributed by atoms with E-state index in [-0.39, 0.29) is 41.7 Å². The molecular weight excluding hydrogens is 445 g/mol. The maximum atomic E-state index is 10.9. The third-order valence-electron chi connectivity index (χ3n) is 5.44. The molecule has 178 valence electrons. The van der Waals surface area contributed by atoms with Gasteiger partial charge >= 0.3 is 0 Å². The summed E-state index contributed by atoms with van der Waals surface area (Å²) in [4.78, 5) is 4.45. The minimum Gasteiger partial charge on any atom is -0.507 e.